The Kier molecular flexibility index (Phi) is 9.25. The molecule has 42 heavy (non-hydrogen) atoms. The third-order valence-electron chi connectivity index (χ3n) is 6.07. The first-order valence-electron chi connectivity index (χ1n) is 12.8. The van der Waals surface area contributed by atoms with E-state index < -0.39 is 17.2 Å². The average Bonchev–Trinajstić information content (AvgIpc) is 2.91. The van der Waals surface area contributed by atoms with Gasteiger partial charge in [-0.2, -0.15) is 4.39 Å². The van der Waals surface area contributed by atoms with Crippen LogP contribution in [-0.4, -0.2) is 53.6 Å². The second-order valence-corrected chi connectivity index (χ2v) is 10.5. The summed E-state index contributed by atoms with van der Waals surface area (Å²) in [6.07, 6.45) is 4.51. The highest BCUT2D eigenvalue weighted by Gasteiger charge is 2.25. The van der Waals surface area contributed by atoms with Crippen LogP contribution in [0.3, 0.4) is 0 Å². The summed E-state index contributed by atoms with van der Waals surface area (Å²) < 4.78 is 39.0. The van der Waals surface area contributed by atoms with Crippen LogP contribution in [0.4, 0.5) is 26.0 Å². The van der Waals surface area contributed by atoms with Crippen molar-refractivity contribution in [2.75, 3.05) is 38.4 Å². The number of aliphatic hydroxyl groups is 1. The molecule has 4 aromatic rings. The Morgan fingerprint density at radius 3 is 2.55 bits per heavy atom. The largest absolute Gasteiger partial charge is 0.494 e. The maximum atomic E-state index is 14.3. The van der Waals surface area contributed by atoms with Gasteiger partial charge < -0.3 is 30.1 Å². The zero-order valence-electron chi connectivity index (χ0n) is 23.6. The minimum Gasteiger partial charge on any atom is -0.494 e. The third kappa shape index (κ3) is 7.11. The van der Waals surface area contributed by atoms with Gasteiger partial charge in [0.25, 0.3) is 0 Å². The molecule has 0 aliphatic rings. The molecule has 1 heterocycles. The molecule has 0 saturated carbocycles. The Hall–Kier alpha value is -4.32. The van der Waals surface area contributed by atoms with Crippen LogP contribution in [0.5, 0.6) is 17.2 Å². The molecule has 0 radical (unpaired) electrons. The topological polar surface area (TPSA) is 109 Å². The van der Waals surface area contributed by atoms with E-state index in [9.17, 15) is 18.7 Å². The highest BCUT2D eigenvalue weighted by Crippen LogP contribution is 2.41. The standard InChI is InChI=1S/C30H30ClF2N5O4/c1-30(2,40)18-13-25(42-24-9-6-8-20(32)28(24)33)19(31)14-22(18)37-29-17-12-23(36-27(39)10-7-11-38(3)4)26(41-5)15-21(17)34-16-35-29/h6-10,12-16,40H,11H2,1-5H3,(H,36,39)(H,34,35,37)/b10-7+. The molecule has 12 heteroatoms. The van der Waals surface area contributed by atoms with Crippen LogP contribution in [0.2, 0.25) is 5.02 Å². The molecule has 0 spiro atoms. The van der Waals surface area contributed by atoms with Gasteiger partial charge in [-0.3, -0.25) is 4.79 Å². The van der Waals surface area contributed by atoms with Crippen molar-refractivity contribution in [1.29, 1.82) is 0 Å². The number of anilines is 3. The van der Waals surface area contributed by atoms with Gasteiger partial charge >= 0.3 is 0 Å². The van der Waals surface area contributed by atoms with E-state index in [2.05, 4.69) is 20.6 Å². The van der Waals surface area contributed by atoms with Gasteiger partial charge in [0, 0.05) is 35.3 Å². The van der Waals surface area contributed by atoms with Crippen molar-refractivity contribution in [3.63, 3.8) is 0 Å². The summed E-state index contributed by atoms with van der Waals surface area (Å²) in [6, 6.07) is 9.80. The molecule has 0 unspecified atom stereocenters. The maximum absolute atomic E-state index is 14.3. The van der Waals surface area contributed by atoms with Gasteiger partial charge in [-0.25, -0.2) is 14.4 Å². The number of amides is 1. The molecule has 0 aliphatic carbocycles. The lowest BCUT2D eigenvalue weighted by molar-refractivity contribution is -0.111. The lowest BCUT2D eigenvalue weighted by Crippen LogP contribution is -2.18. The number of rotatable bonds is 10. The van der Waals surface area contributed by atoms with Gasteiger partial charge in [-0.05, 0) is 58.3 Å². The molecule has 3 N–H and O–H groups in total. The van der Waals surface area contributed by atoms with Crippen molar-refractivity contribution in [2.45, 2.75) is 19.4 Å². The zero-order chi connectivity index (χ0) is 30.6. The predicted octanol–water partition coefficient (Wildman–Crippen LogP) is 6.39. The third-order valence-corrected chi connectivity index (χ3v) is 6.37. The van der Waals surface area contributed by atoms with Crippen molar-refractivity contribution >= 4 is 45.6 Å². The second-order valence-electron chi connectivity index (χ2n) is 10.1. The van der Waals surface area contributed by atoms with E-state index in [-0.39, 0.29) is 22.4 Å². The number of nitrogens with one attached hydrogen (secondary N) is 2. The Morgan fingerprint density at radius 1 is 1.10 bits per heavy atom. The number of likely N-dealkylation sites (N-methyl/N-ethyl adjacent to an activating group) is 1. The van der Waals surface area contributed by atoms with Gasteiger partial charge in [0.05, 0.1) is 28.9 Å². The molecule has 9 nitrogen and oxygen atoms in total. The Labute approximate surface area is 246 Å². The molecular formula is C30H30ClF2N5O4. The Morgan fingerprint density at radius 2 is 1.86 bits per heavy atom. The first kappa shape index (κ1) is 30.6. The highest BCUT2D eigenvalue weighted by atomic mass is 35.5. The molecule has 0 aliphatic heterocycles. The summed E-state index contributed by atoms with van der Waals surface area (Å²) in [5, 5.41) is 17.6. The fourth-order valence-electron chi connectivity index (χ4n) is 4.05. The van der Waals surface area contributed by atoms with E-state index in [0.29, 0.717) is 46.0 Å². The molecule has 0 bridgehead atoms. The van der Waals surface area contributed by atoms with E-state index >= 15 is 0 Å². The summed E-state index contributed by atoms with van der Waals surface area (Å²) in [5.74, 6) is -2.20. The summed E-state index contributed by atoms with van der Waals surface area (Å²) in [6.45, 7) is 3.69. The van der Waals surface area contributed by atoms with E-state index in [1.165, 1.54) is 43.8 Å². The summed E-state index contributed by atoms with van der Waals surface area (Å²) >= 11 is 6.49. The van der Waals surface area contributed by atoms with Crippen LogP contribution in [0.15, 0.2) is 60.9 Å². The summed E-state index contributed by atoms with van der Waals surface area (Å²) in [7, 11) is 5.27. The number of halogens is 3. The summed E-state index contributed by atoms with van der Waals surface area (Å²) in [5.41, 5.74) is 0.188. The molecule has 1 aromatic heterocycles. The molecule has 3 aromatic carbocycles. The van der Waals surface area contributed by atoms with Gasteiger partial charge in [0.1, 0.15) is 23.6 Å². The fraction of sp³-hybridized carbons (Fsp3) is 0.233. The highest BCUT2D eigenvalue weighted by molar-refractivity contribution is 6.32. The normalized spacial score (nSPS) is 11.8. The van der Waals surface area contributed by atoms with Gasteiger partial charge in [-0.1, -0.05) is 23.7 Å². The number of carbonyl (C=O) groups is 1. The molecule has 1 amide bonds. The van der Waals surface area contributed by atoms with Crippen LogP contribution in [-0.2, 0) is 10.4 Å². The Bertz CT molecular complexity index is 1660. The van der Waals surface area contributed by atoms with Gasteiger partial charge in [-0.15, -0.1) is 0 Å². The average molecular weight is 598 g/mol. The molecule has 220 valence electrons. The Balaban J connectivity index is 1.73. The zero-order valence-corrected chi connectivity index (χ0v) is 24.4. The number of fused-ring (bicyclic) bond motifs is 1. The van der Waals surface area contributed by atoms with E-state index in [1.807, 2.05) is 19.0 Å². The number of nitrogens with zero attached hydrogens (tertiary/aromatic N) is 3. The number of hydrogen-bond donors (Lipinski definition) is 3. The lowest BCUT2D eigenvalue weighted by atomic mass is 9.96. The lowest BCUT2D eigenvalue weighted by Gasteiger charge is -2.24. The molecule has 4 rings (SSSR count). The van der Waals surface area contributed by atoms with Crippen molar-refractivity contribution in [1.82, 2.24) is 14.9 Å². The number of benzene rings is 3. The van der Waals surface area contributed by atoms with Crippen molar-refractivity contribution in [3.05, 3.63) is 83.2 Å². The molecule has 0 saturated heterocycles. The van der Waals surface area contributed by atoms with Crippen LogP contribution < -0.4 is 20.1 Å². The number of methoxy groups -OCH3 is 1. The van der Waals surface area contributed by atoms with Gasteiger partial charge in [0.2, 0.25) is 11.7 Å². The quantitative estimate of drug-likeness (QED) is 0.181. The van der Waals surface area contributed by atoms with Crippen molar-refractivity contribution < 1.29 is 28.2 Å². The minimum atomic E-state index is -1.42. The van der Waals surface area contributed by atoms with E-state index in [1.54, 1.807) is 32.1 Å². The van der Waals surface area contributed by atoms with Crippen LogP contribution in [0.25, 0.3) is 10.9 Å². The van der Waals surface area contributed by atoms with Crippen LogP contribution >= 0.6 is 11.6 Å². The SMILES string of the molecule is COc1cc2ncnc(Nc3cc(Cl)c(Oc4cccc(F)c4F)cc3C(C)(C)O)c2cc1NC(=O)/C=C/CN(C)C. The molecule has 0 atom stereocenters. The summed E-state index contributed by atoms with van der Waals surface area (Å²) in [4.78, 5) is 23.2. The number of ether oxygens (including phenoxy) is 2. The number of aromatic nitrogens is 2. The fourth-order valence-corrected chi connectivity index (χ4v) is 4.25. The van der Waals surface area contributed by atoms with Crippen LogP contribution in [0, 0.1) is 11.6 Å². The first-order valence-corrected chi connectivity index (χ1v) is 13.2. The van der Waals surface area contributed by atoms with E-state index in [0.717, 1.165) is 6.07 Å². The van der Waals surface area contributed by atoms with Crippen LogP contribution in [0.1, 0.15) is 19.4 Å². The van der Waals surface area contributed by atoms with E-state index in [4.69, 9.17) is 21.1 Å². The minimum absolute atomic E-state index is 0.00782. The maximum Gasteiger partial charge on any atom is 0.248 e. The number of hydrogen-bond acceptors (Lipinski definition) is 8. The predicted molar refractivity (Wildman–Crippen MR) is 159 cm³/mol. The monoisotopic (exact) mass is 597 g/mol. The first-order chi connectivity index (χ1) is 19.9. The van der Waals surface area contributed by atoms with Crippen molar-refractivity contribution in [3.8, 4) is 17.2 Å². The smallest absolute Gasteiger partial charge is 0.248 e. The van der Waals surface area contributed by atoms with Gasteiger partial charge in [0.15, 0.2) is 11.6 Å². The molecule has 0 fully saturated rings. The molecular weight excluding hydrogens is 568 g/mol. The number of carbonyl (C=O) groups excluding carboxylic acids is 1. The second kappa shape index (κ2) is 12.7. The van der Waals surface area contributed by atoms with Crippen molar-refractivity contribution in [2.24, 2.45) is 0 Å².